The average molecular weight is 413 g/mol. The Morgan fingerprint density at radius 2 is 1.97 bits per heavy atom. The standard InChI is InChI=1S/C22H27N3O5/c1-22(2,3)30-21(29)24-12-14-8-9-17(20(27)28)25(14)19(26)18(24)10-13-11-23-16-7-5-4-6-15(13)16/h4-7,11,14,17-18,23H,8-10,12H2,1-3H3,(H,27,28)/t14-,17+,18-/m1/s1. The van der Waals surface area contributed by atoms with Crippen molar-refractivity contribution < 1.29 is 24.2 Å². The van der Waals surface area contributed by atoms with Gasteiger partial charge in [0.2, 0.25) is 5.91 Å². The van der Waals surface area contributed by atoms with E-state index >= 15 is 0 Å². The fourth-order valence-corrected chi connectivity index (χ4v) is 4.53. The van der Waals surface area contributed by atoms with Crippen molar-refractivity contribution in [3.63, 3.8) is 0 Å². The number of fused-ring (bicyclic) bond motifs is 2. The Kier molecular flexibility index (Phi) is 4.95. The van der Waals surface area contributed by atoms with Crippen LogP contribution in [0.2, 0.25) is 0 Å². The number of carboxylic acid groups (broad SMARTS) is 1. The third-order valence-corrected chi connectivity index (χ3v) is 5.83. The zero-order valence-corrected chi connectivity index (χ0v) is 17.4. The van der Waals surface area contributed by atoms with Crippen LogP contribution in [-0.2, 0) is 20.7 Å². The highest BCUT2D eigenvalue weighted by Crippen LogP contribution is 2.33. The first-order valence-corrected chi connectivity index (χ1v) is 10.3. The number of benzene rings is 1. The van der Waals surface area contributed by atoms with Gasteiger partial charge in [0.1, 0.15) is 17.7 Å². The second kappa shape index (κ2) is 7.34. The number of aliphatic carboxylic acids is 1. The highest BCUT2D eigenvalue weighted by atomic mass is 16.6. The summed E-state index contributed by atoms with van der Waals surface area (Å²) in [5.41, 5.74) is 1.16. The molecule has 0 saturated carbocycles. The van der Waals surface area contributed by atoms with Crippen molar-refractivity contribution >= 4 is 28.9 Å². The number of amides is 2. The summed E-state index contributed by atoms with van der Waals surface area (Å²) in [4.78, 5) is 44.3. The average Bonchev–Trinajstić information content (AvgIpc) is 3.27. The van der Waals surface area contributed by atoms with Crippen LogP contribution in [0.15, 0.2) is 30.5 Å². The molecule has 3 heterocycles. The van der Waals surface area contributed by atoms with E-state index in [1.807, 2.05) is 30.5 Å². The van der Waals surface area contributed by atoms with Gasteiger partial charge in [0.05, 0.1) is 6.04 Å². The Hall–Kier alpha value is -3.03. The van der Waals surface area contributed by atoms with Crippen LogP contribution in [0, 0.1) is 0 Å². The van der Waals surface area contributed by atoms with E-state index in [-0.39, 0.29) is 24.9 Å². The molecule has 8 heteroatoms. The smallest absolute Gasteiger partial charge is 0.411 e. The molecule has 1 aromatic heterocycles. The number of hydrogen-bond donors (Lipinski definition) is 2. The van der Waals surface area contributed by atoms with Gasteiger partial charge < -0.3 is 19.7 Å². The lowest BCUT2D eigenvalue weighted by molar-refractivity contribution is -0.155. The summed E-state index contributed by atoms with van der Waals surface area (Å²) in [5.74, 6) is -1.32. The predicted molar refractivity (Wildman–Crippen MR) is 110 cm³/mol. The number of aromatic amines is 1. The second-order valence-electron chi connectivity index (χ2n) is 9.04. The molecule has 2 fully saturated rings. The number of carboxylic acids is 1. The Bertz CT molecular complexity index is 992. The quantitative estimate of drug-likeness (QED) is 0.805. The van der Waals surface area contributed by atoms with E-state index in [0.29, 0.717) is 12.8 Å². The lowest BCUT2D eigenvalue weighted by Crippen LogP contribution is -2.64. The number of para-hydroxylation sites is 1. The van der Waals surface area contributed by atoms with Gasteiger partial charge in [-0.15, -0.1) is 0 Å². The van der Waals surface area contributed by atoms with Gasteiger partial charge in [-0.2, -0.15) is 0 Å². The van der Waals surface area contributed by atoms with Gasteiger partial charge in [-0.05, 0) is 45.2 Å². The minimum absolute atomic E-state index is 0.275. The molecular formula is C22H27N3O5. The number of carbonyl (C=O) groups excluding carboxylic acids is 2. The zero-order valence-electron chi connectivity index (χ0n) is 17.4. The normalized spacial score (nSPS) is 24.2. The predicted octanol–water partition coefficient (Wildman–Crippen LogP) is 2.77. The van der Waals surface area contributed by atoms with Gasteiger partial charge in [-0.25, -0.2) is 9.59 Å². The van der Waals surface area contributed by atoms with E-state index in [1.165, 1.54) is 9.80 Å². The lowest BCUT2D eigenvalue weighted by Gasteiger charge is -2.44. The van der Waals surface area contributed by atoms with E-state index in [1.54, 1.807) is 20.8 Å². The SMILES string of the molecule is CC(C)(C)OC(=O)N1C[C@H]2CC[C@@H](C(=O)O)N2C(=O)[C@H]1Cc1c[nH]c2ccccc12. The van der Waals surface area contributed by atoms with Crippen LogP contribution in [0.4, 0.5) is 4.79 Å². The number of aromatic nitrogens is 1. The Morgan fingerprint density at radius 3 is 2.67 bits per heavy atom. The van der Waals surface area contributed by atoms with Crippen molar-refractivity contribution in [2.24, 2.45) is 0 Å². The number of piperazine rings is 1. The molecule has 0 bridgehead atoms. The largest absolute Gasteiger partial charge is 0.480 e. The fraction of sp³-hybridized carbons (Fsp3) is 0.500. The third-order valence-electron chi connectivity index (χ3n) is 5.83. The summed E-state index contributed by atoms with van der Waals surface area (Å²) < 4.78 is 5.58. The first kappa shape index (κ1) is 20.3. The van der Waals surface area contributed by atoms with Crippen LogP contribution in [0.1, 0.15) is 39.2 Å². The lowest BCUT2D eigenvalue weighted by atomic mass is 9.98. The van der Waals surface area contributed by atoms with Gasteiger partial charge in [-0.3, -0.25) is 9.69 Å². The molecule has 0 radical (unpaired) electrons. The molecule has 4 rings (SSSR count). The van der Waals surface area contributed by atoms with E-state index in [9.17, 15) is 19.5 Å². The van der Waals surface area contributed by atoms with Crippen molar-refractivity contribution in [2.75, 3.05) is 6.54 Å². The highest BCUT2D eigenvalue weighted by Gasteiger charge is 2.50. The van der Waals surface area contributed by atoms with Gasteiger partial charge in [0.15, 0.2) is 0 Å². The van der Waals surface area contributed by atoms with Crippen molar-refractivity contribution in [2.45, 2.75) is 63.8 Å². The van der Waals surface area contributed by atoms with Crippen molar-refractivity contribution in [3.05, 3.63) is 36.0 Å². The number of rotatable bonds is 3. The summed E-state index contributed by atoms with van der Waals surface area (Å²) in [6.07, 6.45) is 2.54. The van der Waals surface area contributed by atoms with Crippen LogP contribution in [0.25, 0.3) is 10.9 Å². The van der Waals surface area contributed by atoms with E-state index in [0.717, 1.165) is 16.5 Å². The number of nitrogens with zero attached hydrogens (tertiary/aromatic N) is 2. The van der Waals surface area contributed by atoms with E-state index in [4.69, 9.17) is 4.74 Å². The fourth-order valence-electron chi connectivity index (χ4n) is 4.53. The monoisotopic (exact) mass is 413 g/mol. The highest BCUT2D eigenvalue weighted by molar-refractivity contribution is 5.92. The minimum Gasteiger partial charge on any atom is -0.480 e. The summed E-state index contributed by atoms with van der Waals surface area (Å²) in [5, 5.41) is 10.6. The summed E-state index contributed by atoms with van der Waals surface area (Å²) in [6.45, 7) is 5.63. The molecule has 2 aliphatic rings. The van der Waals surface area contributed by atoms with Crippen molar-refractivity contribution in [3.8, 4) is 0 Å². The summed E-state index contributed by atoms with van der Waals surface area (Å²) >= 11 is 0. The Balaban J connectivity index is 1.68. The molecule has 3 atom stereocenters. The maximum absolute atomic E-state index is 13.5. The van der Waals surface area contributed by atoms with Crippen molar-refractivity contribution in [1.29, 1.82) is 0 Å². The summed E-state index contributed by atoms with van der Waals surface area (Å²) in [7, 11) is 0. The molecule has 2 aliphatic heterocycles. The molecule has 1 aromatic carbocycles. The van der Waals surface area contributed by atoms with E-state index in [2.05, 4.69) is 4.98 Å². The zero-order chi connectivity index (χ0) is 21.6. The second-order valence-corrected chi connectivity index (χ2v) is 9.04. The molecule has 2 saturated heterocycles. The van der Waals surface area contributed by atoms with Gasteiger partial charge >= 0.3 is 12.1 Å². The molecule has 2 amide bonds. The topological polar surface area (TPSA) is 103 Å². The first-order chi connectivity index (χ1) is 14.2. The van der Waals surface area contributed by atoms with Crippen LogP contribution in [0.3, 0.4) is 0 Å². The van der Waals surface area contributed by atoms with Crippen LogP contribution in [-0.4, -0.2) is 68.1 Å². The van der Waals surface area contributed by atoms with Gasteiger partial charge in [-0.1, -0.05) is 18.2 Å². The molecule has 0 spiro atoms. The Labute approximate surface area is 174 Å². The minimum atomic E-state index is -0.998. The van der Waals surface area contributed by atoms with E-state index < -0.39 is 29.7 Å². The molecule has 2 N–H and O–H groups in total. The first-order valence-electron chi connectivity index (χ1n) is 10.3. The molecular weight excluding hydrogens is 386 g/mol. The number of hydrogen-bond acceptors (Lipinski definition) is 4. The third kappa shape index (κ3) is 3.62. The number of ether oxygens (including phenoxy) is 1. The molecule has 30 heavy (non-hydrogen) atoms. The maximum atomic E-state index is 13.5. The number of nitrogens with one attached hydrogen (secondary N) is 1. The number of H-pyrrole nitrogens is 1. The van der Waals surface area contributed by atoms with Gasteiger partial charge in [0.25, 0.3) is 0 Å². The molecule has 0 aliphatic carbocycles. The van der Waals surface area contributed by atoms with Crippen LogP contribution in [0.5, 0.6) is 0 Å². The van der Waals surface area contributed by atoms with Crippen LogP contribution < -0.4 is 0 Å². The molecule has 0 unspecified atom stereocenters. The van der Waals surface area contributed by atoms with Crippen molar-refractivity contribution in [1.82, 2.24) is 14.8 Å². The molecule has 2 aromatic rings. The molecule has 160 valence electrons. The summed E-state index contributed by atoms with van der Waals surface area (Å²) in [6, 6.07) is 5.81. The van der Waals surface area contributed by atoms with Crippen LogP contribution >= 0.6 is 0 Å². The number of carbonyl (C=O) groups is 3. The molecule has 8 nitrogen and oxygen atoms in total. The van der Waals surface area contributed by atoms with Gasteiger partial charge in [0, 0.05) is 30.1 Å². The maximum Gasteiger partial charge on any atom is 0.411 e. The Morgan fingerprint density at radius 1 is 1.23 bits per heavy atom.